The summed E-state index contributed by atoms with van der Waals surface area (Å²) in [6.07, 6.45) is 1.38. The van der Waals surface area contributed by atoms with E-state index in [1.165, 1.54) is 16.8 Å². The fourth-order valence-electron chi connectivity index (χ4n) is 2.35. The van der Waals surface area contributed by atoms with Crippen molar-refractivity contribution in [3.63, 3.8) is 0 Å². The summed E-state index contributed by atoms with van der Waals surface area (Å²) in [6, 6.07) is 8.27. The van der Waals surface area contributed by atoms with E-state index in [0.29, 0.717) is 11.6 Å². The molecule has 1 amide bonds. The third-order valence-corrected chi connectivity index (χ3v) is 3.85. The minimum Gasteiger partial charge on any atom is -0.497 e. The number of benzene rings is 1. The van der Waals surface area contributed by atoms with Crippen LogP contribution in [-0.2, 0) is 24.5 Å². The van der Waals surface area contributed by atoms with Gasteiger partial charge in [-0.3, -0.25) is 14.6 Å². The Morgan fingerprint density at radius 3 is 2.69 bits per heavy atom. The lowest BCUT2D eigenvalue weighted by Gasteiger charge is -2.05. The number of nitrogens with one attached hydrogen (secondary N) is 2. The van der Waals surface area contributed by atoms with Gasteiger partial charge in [0.15, 0.2) is 6.61 Å². The van der Waals surface area contributed by atoms with Gasteiger partial charge in [-0.25, -0.2) is 4.79 Å². The van der Waals surface area contributed by atoms with Gasteiger partial charge in [0.1, 0.15) is 11.5 Å². The van der Waals surface area contributed by atoms with Crippen molar-refractivity contribution in [2.24, 2.45) is 0 Å². The highest BCUT2D eigenvalue weighted by Gasteiger charge is 2.09. The molecule has 0 unspecified atom stereocenters. The summed E-state index contributed by atoms with van der Waals surface area (Å²) in [6.45, 7) is 0.292. The summed E-state index contributed by atoms with van der Waals surface area (Å²) in [7, 11) is 1.58. The Balaban J connectivity index is 1.42. The molecule has 2 aromatic heterocycles. The zero-order valence-electron chi connectivity index (χ0n) is 15.6. The van der Waals surface area contributed by atoms with E-state index in [-0.39, 0.29) is 37.9 Å². The number of rotatable bonds is 9. The molecular formula is C18H19N5O6. The topological polar surface area (TPSA) is 141 Å². The summed E-state index contributed by atoms with van der Waals surface area (Å²) >= 11 is 0. The monoisotopic (exact) mass is 401 g/mol. The Hall–Kier alpha value is -3.89. The maximum atomic E-state index is 11.9. The molecule has 0 radical (unpaired) electrons. The second-order valence-corrected chi connectivity index (χ2v) is 5.90. The number of carbonyl (C=O) groups is 1. The summed E-state index contributed by atoms with van der Waals surface area (Å²) < 4.78 is 16.9. The van der Waals surface area contributed by atoms with E-state index in [0.717, 1.165) is 5.75 Å². The van der Waals surface area contributed by atoms with Gasteiger partial charge >= 0.3 is 5.69 Å². The van der Waals surface area contributed by atoms with E-state index in [9.17, 15) is 14.4 Å². The molecule has 0 aliphatic carbocycles. The van der Waals surface area contributed by atoms with Gasteiger partial charge in [-0.05, 0) is 24.3 Å². The smallest absolute Gasteiger partial charge is 0.328 e. The predicted molar refractivity (Wildman–Crippen MR) is 99.4 cm³/mol. The zero-order chi connectivity index (χ0) is 20.6. The van der Waals surface area contributed by atoms with Crippen molar-refractivity contribution in [1.29, 1.82) is 0 Å². The van der Waals surface area contributed by atoms with Gasteiger partial charge in [-0.1, -0.05) is 5.16 Å². The molecule has 2 N–H and O–H groups in total. The standard InChI is InChI=1S/C18H19N5O6/c1-27-12-2-4-13(5-3-12)28-11-14-20-17(29-22-14)10-19-15(24)6-8-23-9-7-16(25)21-18(23)26/h2-5,7,9H,6,8,10-11H2,1H3,(H,19,24)(H,21,25,26). The van der Waals surface area contributed by atoms with Crippen LogP contribution in [0, 0.1) is 0 Å². The summed E-state index contributed by atoms with van der Waals surface area (Å²) in [5.41, 5.74) is -1.05. The number of aryl methyl sites for hydroxylation is 1. The van der Waals surface area contributed by atoms with Crippen molar-refractivity contribution >= 4 is 5.91 Å². The first-order chi connectivity index (χ1) is 14.0. The average molecular weight is 401 g/mol. The SMILES string of the molecule is COc1ccc(OCc2noc(CNC(=O)CCn3ccc(=O)[nH]c3=O)n2)cc1. The number of carbonyl (C=O) groups excluding carboxylic acids is 1. The molecule has 0 bridgehead atoms. The Morgan fingerprint density at radius 1 is 1.21 bits per heavy atom. The fourth-order valence-corrected chi connectivity index (χ4v) is 2.35. The second kappa shape index (κ2) is 9.35. The van der Waals surface area contributed by atoms with Gasteiger partial charge in [0.05, 0.1) is 13.7 Å². The lowest BCUT2D eigenvalue weighted by Crippen LogP contribution is -2.31. The predicted octanol–water partition coefficient (Wildman–Crippen LogP) is 0.214. The van der Waals surface area contributed by atoms with Crippen LogP contribution < -0.4 is 26.0 Å². The first kappa shape index (κ1) is 19.9. The minimum atomic E-state index is -0.566. The van der Waals surface area contributed by atoms with E-state index >= 15 is 0 Å². The molecule has 0 fully saturated rings. The Bertz CT molecular complexity index is 1070. The summed E-state index contributed by atoms with van der Waals surface area (Å²) in [5.74, 6) is 1.61. The normalized spacial score (nSPS) is 10.5. The summed E-state index contributed by atoms with van der Waals surface area (Å²) in [4.78, 5) is 40.7. The van der Waals surface area contributed by atoms with E-state index in [1.54, 1.807) is 31.4 Å². The van der Waals surface area contributed by atoms with Crippen LogP contribution in [0.4, 0.5) is 0 Å². The molecule has 0 aliphatic heterocycles. The lowest BCUT2D eigenvalue weighted by atomic mass is 10.3. The number of ether oxygens (including phenoxy) is 2. The molecule has 3 aromatic rings. The number of hydrogen-bond donors (Lipinski definition) is 2. The molecule has 0 saturated carbocycles. The largest absolute Gasteiger partial charge is 0.497 e. The number of hydrogen-bond acceptors (Lipinski definition) is 8. The molecule has 11 nitrogen and oxygen atoms in total. The molecule has 1 aromatic carbocycles. The van der Waals surface area contributed by atoms with Crippen molar-refractivity contribution in [3.8, 4) is 11.5 Å². The molecule has 2 heterocycles. The Morgan fingerprint density at radius 2 is 1.97 bits per heavy atom. The van der Waals surface area contributed by atoms with Gasteiger partial charge in [-0.2, -0.15) is 4.98 Å². The van der Waals surface area contributed by atoms with Gasteiger partial charge in [0.2, 0.25) is 17.6 Å². The highest BCUT2D eigenvalue weighted by molar-refractivity contribution is 5.75. The van der Waals surface area contributed by atoms with Crippen LogP contribution in [-0.4, -0.2) is 32.7 Å². The van der Waals surface area contributed by atoms with Crippen molar-refractivity contribution in [3.05, 3.63) is 69.1 Å². The quantitative estimate of drug-likeness (QED) is 0.518. The molecule has 0 saturated heterocycles. The van der Waals surface area contributed by atoms with Crippen LogP contribution in [0.15, 0.2) is 50.6 Å². The fraction of sp³-hybridized carbons (Fsp3) is 0.278. The van der Waals surface area contributed by atoms with Crippen LogP contribution in [0.2, 0.25) is 0 Å². The molecule has 11 heteroatoms. The van der Waals surface area contributed by atoms with E-state index < -0.39 is 11.2 Å². The molecule has 0 aliphatic rings. The molecule has 0 atom stereocenters. The first-order valence-electron chi connectivity index (χ1n) is 8.68. The number of aromatic nitrogens is 4. The zero-order valence-corrected chi connectivity index (χ0v) is 15.6. The van der Waals surface area contributed by atoms with Gasteiger partial charge in [0.25, 0.3) is 5.56 Å². The molecule has 152 valence electrons. The van der Waals surface area contributed by atoms with Crippen molar-refractivity contribution in [2.45, 2.75) is 26.1 Å². The Labute approximate surface area is 164 Å². The summed E-state index contributed by atoms with van der Waals surface area (Å²) in [5, 5.41) is 6.41. The number of nitrogens with zero attached hydrogens (tertiary/aromatic N) is 3. The maximum absolute atomic E-state index is 11.9. The third-order valence-electron chi connectivity index (χ3n) is 3.85. The van der Waals surface area contributed by atoms with E-state index in [4.69, 9.17) is 14.0 Å². The number of methoxy groups -OCH3 is 1. The van der Waals surface area contributed by atoms with Crippen molar-refractivity contribution in [2.75, 3.05) is 7.11 Å². The first-order valence-corrected chi connectivity index (χ1v) is 8.68. The molecule has 29 heavy (non-hydrogen) atoms. The third kappa shape index (κ3) is 5.79. The highest BCUT2D eigenvalue weighted by Crippen LogP contribution is 2.17. The van der Waals surface area contributed by atoms with Gasteiger partial charge in [-0.15, -0.1) is 0 Å². The van der Waals surface area contributed by atoms with Crippen molar-refractivity contribution in [1.82, 2.24) is 25.0 Å². The lowest BCUT2D eigenvalue weighted by molar-refractivity contribution is -0.121. The second-order valence-electron chi connectivity index (χ2n) is 5.90. The Kier molecular flexibility index (Phi) is 6.40. The van der Waals surface area contributed by atoms with E-state index in [1.807, 2.05) is 0 Å². The number of amides is 1. The van der Waals surface area contributed by atoms with Crippen molar-refractivity contribution < 1.29 is 18.8 Å². The van der Waals surface area contributed by atoms with Crippen LogP contribution in [0.3, 0.4) is 0 Å². The maximum Gasteiger partial charge on any atom is 0.328 e. The van der Waals surface area contributed by atoms with Crippen LogP contribution in [0.1, 0.15) is 18.1 Å². The minimum absolute atomic E-state index is 0.0491. The van der Waals surface area contributed by atoms with E-state index in [2.05, 4.69) is 20.4 Å². The van der Waals surface area contributed by atoms with Crippen LogP contribution in [0.25, 0.3) is 0 Å². The van der Waals surface area contributed by atoms with Crippen LogP contribution in [0.5, 0.6) is 11.5 Å². The molecule has 0 spiro atoms. The molecule has 3 rings (SSSR count). The number of aromatic amines is 1. The van der Waals surface area contributed by atoms with Gasteiger partial charge in [0, 0.05) is 25.2 Å². The number of H-pyrrole nitrogens is 1. The van der Waals surface area contributed by atoms with Crippen LogP contribution >= 0.6 is 0 Å². The van der Waals surface area contributed by atoms with Gasteiger partial charge < -0.3 is 23.9 Å². The highest BCUT2D eigenvalue weighted by atomic mass is 16.5. The average Bonchev–Trinajstić information content (AvgIpc) is 3.18. The molecular weight excluding hydrogens is 382 g/mol.